The van der Waals surface area contributed by atoms with E-state index in [9.17, 15) is 0 Å². The van der Waals surface area contributed by atoms with E-state index in [2.05, 4.69) is 144 Å². The number of rotatable bonds is 4. The van der Waals surface area contributed by atoms with E-state index in [0.29, 0.717) is 0 Å². The Morgan fingerprint density at radius 3 is 1.87 bits per heavy atom. The molecule has 0 fully saturated rings. The van der Waals surface area contributed by atoms with Gasteiger partial charge >= 0.3 is 0 Å². The number of hydrogen-bond acceptors (Lipinski definition) is 3. The molecule has 0 amide bonds. The van der Waals surface area contributed by atoms with Crippen molar-refractivity contribution >= 4 is 82.5 Å². The second-order valence-corrected chi connectivity index (χ2v) is 12.1. The van der Waals surface area contributed by atoms with Crippen LogP contribution in [-0.4, -0.2) is 0 Å². The number of para-hydroxylation sites is 3. The summed E-state index contributed by atoms with van der Waals surface area (Å²) in [5.41, 5.74) is 9.05. The third-order valence-corrected chi connectivity index (χ3v) is 9.45. The van der Waals surface area contributed by atoms with Gasteiger partial charge in [0.05, 0.1) is 11.4 Å². The molecule has 0 aliphatic carbocycles. The Kier molecular flexibility index (Phi) is 5.57. The van der Waals surface area contributed by atoms with Gasteiger partial charge in [0.25, 0.3) is 0 Å². The molecular weight excluding hydrogens is 574 g/mol. The summed E-state index contributed by atoms with van der Waals surface area (Å²) < 4.78 is 12.8. The minimum absolute atomic E-state index is 0.868. The van der Waals surface area contributed by atoms with Crippen LogP contribution in [0.3, 0.4) is 0 Å². The van der Waals surface area contributed by atoms with Gasteiger partial charge in [-0.1, -0.05) is 115 Å². The van der Waals surface area contributed by atoms with E-state index in [1.54, 1.807) is 0 Å². The van der Waals surface area contributed by atoms with Crippen LogP contribution in [0.15, 0.2) is 173 Å². The minimum atomic E-state index is 0.868. The first-order valence-corrected chi connectivity index (χ1v) is 15.9. The van der Waals surface area contributed by atoms with Crippen molar-refractivity contribution in [2.24, 2.45) is 0 Å². The molecule has 2 aromatic heterocycles. The predicted octanol–water partition coefficient (Wildman–Crippen LogP) is 12.9. The zero-order valence-electron chi connectivity index (χ0n) is 25.4. The molecule has 10 rings (SSSR count). The lowest BCUT2D eigenvalue weighted by molar-refractivity contribution is 0.668. The summed E-state index contributed by atoms with van der Waals surface area (Å²) in [4.78, 5) is 2.36. The van der Waals surface area contributed by atoms with E-state index in [4.69, 9.17) is 8.83 Å². The fraction of sp³-hybridized carbons (Fsp3) is 0. The summed E-state index contributed by atoms with van der Waals surface area (Å²) in [5, 5.41) is 9.21. The molecule has 0 N–H and O–H groups in total. The molecule has 0 aliphatic rings. The Balaban J connectivity index is 1.24. The molecule has 3 nitrogen and oxygen atoms in total. The van der Waals surface area contributed by atoms with Crippen LogP contribution in [0, 0.1) is 0 Å². The van der Waals surface area contributed by atoms with Crippen LogP contribution in [0.4, 0.5) is 17.1 Å². The largest absolute Gasteiger partial charge is 0.456 e. The normalized spacial score (nSPS) is 11.8. The average Bonchev–Trinajstić information content (AvgIpc) is 3.70. The van der Waals surface area contributed by atoms with Crippen LogP contribution in [0.2, 0.25) is 0 Å². The van der Waals surface area contributed by atoms with Crippen molar-refractivity contribution < 1.29 is 8.83 Å². The molecule has 2 heterocycles. The highest BCUT2D eigenvalue weighted by atomic mass is 16.3. The van der Waals surface area contributed by atoms with Crippen molar-refractivity contribution in [2.45, 2.75) is 0 Å². The second-order valence-electron chi connectivity index (χ2n) is 12.1. The summed E-state index contributed by atoms with van der Waals surface area (Å²) >= 11 is 0. The topological polar surface area (TPSA) is 29.5 Å². The van der Waals surface area contributed by atoms with Crippen molar-refractivity contribution in [3.8, 4) is 11.1 Å². The number of benzene rings is 8. The maximum atomic E-state index is 6.62. The number of anilines is 3. The third-order valence-electron chi connectivity index (χ3n) is 9.45. The van der Waals surface area contributed by atoms with E-state index in [1.165, 1.54) is 21.7 Å². The van der Waals surface area contributed by atoms with Gasteiger partial charge in [-0.2, -0.15) is 0 Å². The Morgan fingerprint density at radius 1 is 0.362 bits per heavy atom. The van der Waals surface area contributed by atoms with Crippen molar-refractivity contribution in [2.75, 3.05) is 4.90 Å². The van der Waals surface area contributed by atoms with Crippen LogP contribution < -0.4 is 4.90 Å². The number of furan rings is 2. The molecule has 3 heteroatoms. The third kappa shape index (κ3) is 4.00. The summed E-state index contributed by atoms with van der Waals surface area (Å²) in [6.45, 7) is 0. The summed E-state index contributed by atoms with van der Waals surface area (Å²) in [7, 11) is 0. The van der Waals surface area contributed by atoms with Gasteiger partial charge in [-0.25, -0.2) is 0 Å². The number of fused-ring (bicyclic) bond motifs is 8. The lowest BCUT2D eigenvalue weighted by atomic mass is 9.95. The van der Waals surface area contributed by atoms with Crippen LogP contribution in [-0.2, 0) is 0 Å². The Morgan fingerprint density at radius 2 is 1.02 bits per heavy atom. The molecule has 10 aromatic rings. The maximum Gasteiger partial charge on any atom is 0.159 e. The molecule has 8 aromatic carbocycles. The van der Waals surface area contributed by atoms with Crippen LogP contribution in [0.1, 0.15) is 0 Å². The molecule has 0 unspecified atom stereocenters. The van der Waals surface area contributed by atoms with Gasteiger partial charge < -0.3 is 13.7 Å². The van der Waals surface area contributed by atoms with Gasteiger partial charge in [0, 0.05) is 32.6 Å². The van der Waals surface area contributed by atoms with Gasteiger partial charge in [0.1, 0.15) is 16.7 Å². The first-order chi connectivity index (χ1) is 23.3. The molecular formula is C44H27NO2. The maximum absolute atomic E-state index is 6.62. The van der Waals surface area contributed by atoms with E-state index >= 15 is 0 Å². The first-order valence-electron chi connectivity index (χ1n) is 15.9. The molecule has 0 saturated carbocycles. The van der Waals surface area contributed by atoms with Crippen LogP contribution in [0.5, 0.6) is 0 Å². The zero-order valence-corrected chi connectivity index (χ0v) is 25.4. The van der Waals surface area contributed by atoms with Crippen molar-refractivity contribution in [3.05, 3.63) is 164 Å². The Hall–Kier alpha value is -6.32. The first kappa shape index (κ1) is 26.0. The fourth-order valence-electron chi connectivity index (χ4n) is 7.26. The molecule has 0 atom stereocenters. The molecule has 220 valence electrons. The lowest BCUT2D eigenvalue weighted by Gasteiger charge is -2.28. The van der Waals surface area contributed by atoms with Crippen LogP contribution >= 0.6 is 0 Å². The average molecular weight is 602 g/mol. The van der Waals surface area contributed by atoms with Crippen LogP contribution in [0.25, 0.3) is 76.5 Å². The molecule has 0 bridgehead atoms. The van der Waals surface area contributed by atoms with Crippen molar-refractivity contribution in [3.63, 3.8) is 0 Å². The monoisotopic (exact) mass is 601 g/mol. The second kappa shape index (κ2) is 10.1. The minimum Gasteiger partial charge on any atom is -0.456 e. The fourth-order valence-corrected chi connectivity index (χ4v) is 7.26. The van der Waals surface area contributed by atoms with E-state index < -0.39 is 0 Å². The van der Waals surface area contributed by atoms with Gasteiger partial charge in [-0.15, -0.1) is 0 Å². The highest BCUT2D eigenvalue weighted by Crippen LogP contribution is 2.46. The van der Waals surface area contributed by atoms with E-state index in [0.717, 1.165) is 71.9 Å². The number of nitrogens with zero attached hydrogens (tertiary/aromatic N) is 1. The molecule has 0 aliphatic heterocycles. The number of hydrogen-bond donors (Lipinski definition) is 0. The summed E-state index contributed by atoms with van der Waals surface area (Å²) in [5.74, 6) is 0. The zero-order chi connectivity index (χ0) is 30.9. The quantitative estimate of drug-likeness (QED) is 0.201. The predicted molar refractivity (Wildman–Crippen MR) is 196 cm³/mol. The van der Waals surface area contributed by atoms with Gasteiger partial charge in [-0.05, 0) is 75.8 Å². The highest BCUT2D eigenvalue weighted by Gasteiger charge is 2.22. The van der Waals surface area contributed by atoms with Gasteiger partial charge in [0.2, 0.25) is 0 Å². The molecule has 0 spiro atoms. The SMILES string of the molecule is c1ccc2cc(N(c3ccc(-c4ccc5oc6ccccc6c5c4)c4ccccc34)c3cccc4c3oc3ccccc34)ccc2c1. The summed E-state index contributed by atoms with van der Waals surface area (Å²) in [6.07, 6.45) is 0. The van der Waals surface area contributed by atoms with Crippen molar-refractivity contribution in [1.29, 1.82) is 0 Å². The Labute approximate surface area is 270 Å². The van der Waals surface area contributed by atoms with Gasteiger partial charge in [0.15, 0.2) is 5.58 Å². The van der Waals surface area contributed by atoms with E-state index in [1.807, 2.05) is 24.3 Å². The van der Waals surface area contributed by atoms with Gasteiger partial charge in [-0.3, -0.25) is 0 Å². The molecule has 0 saturated heterocycles. The lowest BCUT2D eigenvalue weighted by Crippen LogP contribution is -2.11. The Bertz CT molecular complexity index is 2820. The smallest absolute Gasteiger partial charge is 0.159 e. The van der Waals surface area contributed by atoms with Crippen molar-refractivity contribution in [1.82, 2.24) is 0 Å². The summed E-state index contributed by atoms with van der Waals surface area (Å²) in [6, 6.07) is 57.9. The van der Waals surface area contributed by atoms with E-state index in [-0.39, 0.29) is 0 Å². The molecule has 0 radical (unpaired) electrons. The standard InChI is InChI=1S/C44H27NO2/c1-2-11-29-26-31(22-20-28(29)10-1)45(40-17-9-16-37-35-14-5-8-19-42(35)47-44(37)40)39-24-23-32(33-12-3-4-13-34(33)39)30-21-25-43-38(27-30)36-15-6-7-18-41(36)46-43/h1-27H. The highest BCUT2D eigenvalue weighted by molar-refractivity contribution is 6.14. The molecule has 47 heavy (non-hydrogen) atoms.